The minimum Gasteiger partial charge on any atom is -0.465 e. The zero-order valence-corrected chi connectivity index (χ0v) is 17.0. The van der Waals surface area contributed by atoms with Gasteiger partial charge in [0.25, 0.3) is 0 Å². The van der Waals surface area contributed by atoms with E-state index in [9.17, 15) is 9.59 Å². The van der Waals surface area contributed by atoms with Gasteiger partial charge in [-0.3, -0.25) is 9.36 Å². The molecule has 2 heterocycles. The third kappa shape index (κ3) is 4.35. The first-order valence-electron chi connectivity index (χ1n) is 7.88. The largest absolute Gasteiger partial charge is 0.465 e. The number of hydrogen-bond acceptors (Lipinski definition) is 6. The number of benzene rings is 1. The van der Waals surface area contributed by atoms with Crippen LogP contribution in [0.4, 0.5) is 5.69 Å². The van der Waals surface area contributed by atoms with Gasteiger partial charge >= 0.3 is 5.97 Å². The summed E-state index contributed by atoms with van der Waals surface area (Å²) in [4.78, 5) is 28.7. The van der Waals surface area contributed by atoms with E-state index in [2.05, 4.69) is 10.3 Å². The van der Waals surface area contributed by atoms with Gasteiger partial charge in [0, 0.05) is 17.4 Å². The van der Waals surface area contributed by atoms with Crippen LogP contribution in [0.2, 0.25) is 5.02 Å². The first-order chi connectivity index (χ1) is 13.0. The van der Waals surface area contributed by atoms with Crippen LogP contribution in [0, 0.1) is 6.92 Å². The van der Waals surface area contributed by atoms with E-state index in [0.29, 0.717) is 20.7 Å². The molecule has 3 aromatic rings. The van der Waals surface area contributed by atoms with E-state index in [4.69, 9.17) is 16.3 Å². The van der Waals surface area contributed by atoms with E-state index in [0.717, 1.165) is 11.3 Å². The van der Waals surface area contributed by atoms with Gasteiger partial charge in [0.2, 0.25) is 5.91 Å². The van der Waals surface area contributed by atoms with Gasteiger partial charge in [0.15, 0.2) is 5.16 Å². The van der Waals surface area contributed by atoms with Gasteiger partial charge in [-0.25, -0.2) is 9.78 Å². The summed E-state index contributed by atoms with van der Waals surface area (Å²) in [6.45, 7) is 1.93. The van der Waals surface area contributed by atoms with E-state index >= 15 is 0 Å². The summed E-state index contributed by atoms with van der Waals surface area (Å²) in [6.07, 6.45) is 3.50. The third-order valence-corrected chi connectivity index (χ3v) is 6.02. The van der Waals surface area contributed by atoms with Gasteiger partial charge < -0.3 is 10.1 Å². The fourth-order valence-corrected chi connectivity index (χ4v) is 4.11. The molecule has 0 aliphatic rings. The second-order valence-electron chi connectivity index (χ2n) is 5.46. The standard InChI is InChI=1S/C18H16ClN3O3S2/c1-11-12(19)4-3-5-14(11)22-8-7-20-18(22)27-10-15(23)21-13-6-9-26-16(13)17(24)25-2/h3-9H,10H2,1-2H3,(H,21,23). The maximum Gasteiger partial charge on any atom is 0.350 e. The average Bonchev–Trinajstić information content (AvgIpc) is 3.31. The number of thioether (sulfide) groups is 1. The topological polar surface area (TPSA) is 73.2 Å². The molecule has 1 amide bonds. The molecule has 1 N–H and O–H groups in total. The Morgan fingerprint density at radius 2 is 2.19 bits per heavy atom. The molecule has 0 saturated carbocycles. The predicted octanol–water partition coefficient (Wildman–Crippen LogP) is 4.41. The number of anilines is 1. The first-order valence-corrected chi connectivity index (χ1v) is 10.1. The summed E-state index contributed by atoms with van der Waals surface area (Å²) in [6, 6.07) is 7.32. The predicted molar refractivity (Wildman–Crippen MR) is 108 cm³/mol. The van der Waals surface area contributed by atoms with Crippen LogP contribution in [0.3, 0.4) is 0 Å². The highest BCUT2D eigenvalue weighted by Crippen LogP contribution is 2.27. The average molecular weight is 422 g/mol. The summed E-state index contributed by atoms with van der Waals surface area (Å²) in [5, 5.41) is 5.81. The molecule has 140 valence electrons. The molecular weight excluding hydrogens is 406 g/mol. The molecule has 0 bridgehead atoms. The van der Waals surface area contributed by atoms with Crippen LogP contribution < -0.4 is 5.32 Å². The number of methoxy groups -OCH3 is 1. The maximum atomic E-state index is 12.3. The van der Waals surface area contributed by atoms with Crippen LogP contribution in [0.5, 0.6) is 0 Å². The number of aromatic nitrogens is 2. The lowest BCUT2D eigenvalue weighted by Gasteiger charge is -2.11. The molecule has 1 aromatic carbocycles. The molecule has 0 saturated heterocycles. The number of ether oxygens (including phenoxy) is 1. The van der Waals surface area contributed by atoms with Gasteiger partial charge in [0.1, 0.15) is 4.88 Å². The Bertz CT molecular complexity index is 984. The van der Waals surface area contributed by atoms with Gasteiger partial charge in [-0.1, -0.05) is 29.4 Å². The molecule has 9 heteroatoms. The number of esters is 1. The lowest BCUT2D eigenvalue weighted by Crippen LogP contribution is -2.16. The number of hydrogen-bond donors (Lipinski definition) is 1. The third-order valence-electron chi connectivity index (χ3n) is 3.75. The summed E-state index contributed by atoms with van der Waals surface area (Å²) in [5.41, 5.74) is 2.30. The van der Waals surface area contributed by atoms with Crippen molar-refractivity contribution in [2.24, 2.45) is 0 Å². The Morgan fingerprint density at radius 3 is 2.96 bits per heavy atom. The minimum atomic E-state index is -0.472. The zero-order valence-electron chi connectivity index (χ0n) is 14.6. The van der Waals surface area contributed by atoms with Crippen molar-refractivity contribution in [3.8, 4) is 5.69 Å². The number of nitrogens with one attached hydrogen (secondary N) is 1. The number of imidazole rings is 1. The second kappa shape index (κ2) is 8.60. The van der Waals surface area contributed by atoms with Crippen LogP contribution in [0.1, 0.15) is 15.2 Å². The molecule has 3 rings (SSSR count). The minimum absolute atomic E-state index is 0.146. The first kappa shape index (κ1) is 19.5. The van der Waals surface area contributed by atoms with Crippen LogP contribution in [0.15, 0.2) is 47.2 Å². The lowest BCUT2D eigenvalue weighted by molar-refractivity contribution is -0.113. The lowest BCUT2D eigenvalue weighted by atomic mass is 10.2. The molecular formula is C18H16ClN3O3S2. The highest BCUT2D eigenvalue weighted by molar-refractivity contribution is 7.99. The molecule has 0 fully saturated rings. The van der Waals surface area contributed by atoms with Crippen molar-refractivity contribution in [1.82, 2.24) is 9.55 Å². The van der Waals surface area contributed by atoms with Crippen molar-refractivity contribution >= 4 is 52.3 Å². The van der Waals surface area contributed by atoms with E-state index in [1.54, 1.807) is 17.6 Å². The second-order valence-corrected chi connectivity index (χ2v) is 7.72. The van der Waals surface area contributed by atoms with Crippen molar-refractivity contribution in [3.63, 3.8) is 0 Å². The van der Waals surface area contributed by atoms with Gasteiger partial charge in [-0.15, -0.1) is 11.3 Å². The van der Waals surface area contributed by atoms with Crippen molar-refractivity contribution in [3.05, 3.63) is 57.5 Å². The van der Waals surface area contributed by atoms with Crippen molar-refractivity contribution in [1.29, 1.82) is 0 Å². The highest BCUT2D eigenvalue weighted by Gasteiger charge is 2.17. The van der Waals surface area contributed by atoms with E-state index in [-0.39, 0.29) is 11.7 Å². The van der Waals surface area contributed by atoms with Gasteiger partial charge in [-0.2, -0.15) is 0 Å². The molecule has 27 heavy (non-hydrogen) atoms. The fourth-order valence-electron chi connectivity index (χ4n) is 2.41. The van der Waals surface area contributed by atoms with Gasteiger partial charge in [0.05, 0.1) is 24.2 Å². The molecule has 0 aliphatic carbocycles. The Balaban J connectivity index is 1.69. The molecule has 0 spiro atoms. The zero-order chi connectivity index (χ0) is 19.4. The Kier molecular flexibility index (Phi) is 6.20. The normalized spacial score (nSPS) is 10.6. The number of amides is 1. The summed E-state index contributed by atoms with van der Waals surface area (Å²) in [7, 11) is 1.31. The molecule has 0 radical (unpaired) electrons. The van der Waals surface area contributed by atoms with E-state index in [1.165, 1.54) is 30.2 Å². The monoisotopic (exact) mass is 421 g/mol. The van der Waals surface area contributed by atoms with Crippen molar-refractivity contribution < 1.29 is 14.3 Å². The SMILES string of the molecule is COC(=O)c1sccc1NC(=O)CSc1nccn1-c1cccc(Cl)c1C. The van der Waals surface area contributed by atoms with E-state index in [1.807, 2.05) is 35.9 Å². The number of rotatable bonds is 6. The molecule has 0 atom stereocenters. The van der Waals surface area contributed by atoms with Crippen LogP contribution in [-0.2, 0) is 9.53 Å². The Morgan fingerprint density at radius 1 is 1.37 bits per heavy atom. The molecule has 0 aliphatic heterocycles. The quantitative estimate of drug-likeness (QED) is 0.471. The Labute approximate surface area is 169 Å². The number of carbonyl (C=O) groups excluding carboxylic acids is 2. The number of nitrogens with zero attached hydrogens (tertiary/aromatic N) is 2. The maximum absolute atomic E-state index is 12.3. The summed E-state index contributed by atoms with van der Waals surface area (Å²) < 4.78 is 6.60. The fraction of sp³-hybridized carbons (Fsp3) is 0.167. The number of halogens is 1. The summed E-state index contributed by atoms with van der Waals surface area (Å²) in [5.74, 6) is -0.562. The molecule has 6 nitrogen and oxygen atoms in total. The molecule has 0 unspecified atom stereocenters. The van der Waals surface area contributed by atoms with E-state index < -0.39 is 5.97 Å². The summed E-state index contributed by atoms with van der Waals surface area (Å²) >= 11 is 8.72. The Hall–Kier alpha value is -2.29. The number of thiophene rings is 1. The van der Waals surface area contributed by atoms with Crippen LogP contribution >= 0.6 is 34.7 Å². The van der Waals surface area contributed by atoms with Crippen molar-refractivity contribution in [2.45, 2.75) is 12.1 Å². The van der Waals surface area contributed by atoms with Gasteiger partial charge in [-0.05, 0) is 36.1 Å². The molecule has 2 aromatic heterocycles. The van der Waals surface area contributed by atoms with Crippen molar-refractivity contribution in [2.75, 3.05) is 18.2 Å². The van der Waals surface area contributed by atoms with Crippen LogP contribution in [0.25, 0.3) is 5.69 Å². The smallest absolute Gasteiger partial charge is 0.350 e. The number of carbonyl (C=O) groups is 2. The highest BCUT2D eigenvalue weighted by atomic mass is 35.5. The van der Waals surface area contributed by atoms with Crippen LogP contribution in [-0.4, -0.2) is 34.3 Å².